The third-order valence-corrected chi connectivity index (χ3v) is 5.27. The van der Waals surface area contributed by atoms with Crippen LogP contribution < -0.4 is 5.32 Å². The molecule has 1 aliphatic rings. The number of piperidine rings is 1. The molecule has 2 amide bonds. The summed E-state index contributed by atoms with van der Waals surface area (Å²) in [6.07, 6.45) is 1.13. The van der Waals surface area contributed by atoms with Gasteiger partial charge < -0.3 is 15.0 Å². The molecule has 1 aliphatic heterocycles. The van der Waals surface area contributed by atoms with Crippen LogP contribution in [0.5, 0.6) is 0 Å². The molecule has 1 saturated heterocycles. The smallest absolute Gasteiger partial charge is 0.409 e. The Labute approximate surface area is 169 Å². The van der Waals surface area contributed by atoms with Crippen LogP contribution >= 0.6 is 0 Å². The van der Waals surface area contributed by atoms with Gasteiger partial charge in [-0.1, -0.05) is 42.5 Å². The predicted molar refractivity (Wildman–Crippen MR) is 113 cm³/mol. The number of anilines is 1. The first-order valence-corrected chi connectivity index (χ1v) is 9.74. The van der Waals surface area contributed by atoms with Crippen molar-refractivity contribution >= 4 is 28.6 Å². The predicted octanol–water partition coefficient (Wildman–Crippen LogP) is 4.32. The van der Waals surface area contributed by atoms with Crippen LogP contribution in [-0.4, -0.2) is 42.1 Å². The van der Waals surface area contributed by atoms with Gasteiger partial charge in [0.25, 0.3) is 0 Å². The fraction of sp³-hybridized carbons (Fsp3) is 0.261. The van der Waals surface area contributed by atoms with Gasteiger partial charge in [-0.05, 0) is 41.8 Å². The molecule has 0 spiro atoms. The highest BCUT2D eigenvalue weighted by molar-refractivity contribution is 5.92. The summed E-state index contributed by atoms with van der Waals surface area (Å²) < 4.78 is 4.77. The SMILES string of the molecule is COC(=O)N1CCCC(C(=O)Nc2cccc(-c3ccc4ccccc4c3)n2)C1. The highest BCUT2D eigenvalue weighted by Crippen LogP contribution is 2.25. The standard InChI is InChI=1S/C23H23N3O3/c1-29-23(28)26-13-5-8-19(15-26)22(27)25-21-10-4-9-20(24-21)18-12-11-16-6-2-3-7-17(16)14-18/h2-4,6-7,9-12,14,19H,5,8,13,15H2,1H3,(H,24,25,27). The number of hydrogen-bond acceptors (Lipinski definition) is 4. The van der Waals surface area contributed by atoms with E-state index in [-0.39, 0.29) is 17.9 Å². The Morgan fingerprint density at radius 3 is 2.72 bits per heavy atom. The van der Waals surface area contributed by atoms with E-state index in [1.165, 1.54) is 12.5 Å². The van der Waals surface area contributed by atoms with Crippen molar-refractivity contribution < 1.29 is 14.3 Å². The van der Waals surface area contributed by atoms with Crippen molar-refractivity contribution in [3.63, 3.8) is 0 Å². The number of fused-ring (bicyclic) bond motifs is 1. The van der Waals surface area contributed by atoms with Crippen LogP contribution in [0.3, 0.4) is 0 Å². The van der Waals surface area contributed by atoms with E-state index >= 15 is 0 Å². The molecule has 6 nitrogen and oxygen atoms in total. The zero-order valence-electron chi connectivity index (χ0n) is 16.3. The van der Waals surface area contributed by atoms with Crippen LogP contribution in [0, 0.1) is 5.92 Å². The molecule has 2 aromatic carbocycles. The number of ether oxygens (including phenoxy) is 1. The van der Waals surface area contributed by atoms with Crippen molar-refractivity contribution in [1.29, 1.82) is 0 Å². The lowest BCUT2D eigenvalue weighted by molar-refractivity contribution is -0.121. The number of likely N-dealkylation sites (tertiary alicyclic amines) is 1. The van der Waals surface area contributed by atoms with Crippen LogP contribution in [0.25, 0.3) is 22.0 Å². The van der Waals surface area contributed by atoms with Crippen LogP contribution in [0.15, 0.2) is 60.7 Å². The van der Waals surface area contributed by atoms with Crippen molar-refractivity contribution in [2.45, 2.75) is 12.8 Å². The number of carbonyl (C=O) groups excluding carboxylic acids is 2. The molecule has 1 fully saturated rings. The van der Waals surface area contributed by atoms with Gasteiger partial charge in [0.2, 0.25) is 5.91 Å². The lowest BCUT2D eigenvalue weighted by atomic mass is 9.97. The van der Waals surface area contributed by atoms with Gasteiger partial charge >= 0.3 is 6.09 Å². The number of amides is 2. The topological polar surface area (TPSA) is 71.5 Å². The first kappa shape index (κ1) is 18.9. The van der Waals surface area contributed by atoms with Gasteiger partial charge in [0.05, 0.1) is 18.7 Å². The maximum Gasteiger partial charge on any atom is 0.409 e. The van der Waals surface area contributed by atoms with Gasteiger partial charge in [0, 0.05) is 18.7 Å². The van der Waals surface area contributed by atoms with Crippen LogP contribution in [0.1, 0.15) is 12.8 Å². The summed E-state index contributed by atoms with van der Waals surface area (Å²) in [4.78, 5) is 30.7. The highest BCUT2D eigenvalue weighted by Gasteiger charge is 2.29. The first-order chi connectivity index (χ1) is 14.1. The second kappa shape index (κ2) is 8.31. The Morgan fingerprint density at radius 2 is 1.90 bits per heavy atom. The second-order valence-electron chi connectivity index (χ2n) is 7.21. The minimum Gasteiger partial charge on any atom is -0.453 e. The van der Waals surface area contributed by atoms with Crippen LogP contribution in [-0.2, 0) is 9.53 Å². The normalized spacial score (nSPS) is 16.4. The number of rotatable bonds is 3. The van der Waals surface area contributed by atoms with Gasteiger partial charge in [0.1, 0.15) is 5.82 Å². The van der Waals surface area contributed by atoms with E-state index in [0.29, 0.717) is 18.9 Å². The summed E-state index contributed by atoms with van der Waals surface area (Å²) >= 11 is 0. The summed E-state index contributed by atoms with van der Waals surface area (Å²) in [6, 6.07) is 20.0. The minimum absolute atomic E-state index is 0.123. The maximum absolute atomic E-state index is 12.7. The molecule has 6 heteroatoms. The fourth-order valence-electron chi connectivity index (χ4n) is 3.73. The summed E-state index contributed by atoms with van der Waals surface area (Å²) in [5, 5.41) is 5.23. The highest BCUT2D eigenvalue weighted by atomic mass is 16.5. The van der Waals surface area contributed by atoms with Gasteiger partial charge in [-0.15, -0.1) is 0 Å². The third kappa shape index (κ3) is 4.21. The van der Waals surface area contributed by atoms with E-state index in [9.17, 15) is 9.59 Å². The summed E-state index contributed by atoms with van der Waals surface area (Å²) in [5.41, 5.74) is 1.79. The van der Waals surface area contributed by atoms with Crippen LogP contribution in [0.4, 0.5) is 10.6 Å². The van der Waals surface area contributed by atoms with E-state index in [1.807, 2.05) is 30.3 Å². The average molecular weight is 389 g/mol. The summed E-state index contributed by atoms with van der Waals surface area (Å²) in [5.74, 6) is 0.117. The molecule has 1 unspecified atom stereocenters. The van der Waals surface area contributed by atoms with Gasteiger partial charge in [-0.2, -0.15) is 0 Å². The number of methoxy groups -OCH3 is 1. The zero-order valence-corrected chi connectivity index (χ0v) is 16.3. The molecule has 0 aliphatic carbocycles. The molecule has 1 aromatic heterocycles. The van der Waals surface area contributed by atoms with E-state index < -0.39 is 0 Å². The van der Waals surface area contributed by atoms with Gasteiger partial charge in [0.15, 0.2) is 0 Å². The maximum atomic E-state index is 12.7. The molecule has 1 N–H and O–H groups in total. The number of carbonyl (C=O) groups is 2. The lowest BCUT2D eigenvalue weighted by Gasteiger charge is -2.30. The molecule has 0 bridgehead atoms. The molecule has 4 rings (SSSR count). The Morgan fingerprint density at radius 1 is 1.07 bits per heavy atom. The minimum atomic E-state index is -0.390. The fourth-order valence-corrected chi connectivity index (χ4v) is 3.73. The Bertz CT molecular complexity index is 1050. The Kier molecular flexibility index (Phi) is 5.42. The Balaban J connectivity index is 1.49. The van der Waals surface area contributed by atoms with E-state index in [2.05, 4.69) is 34.6 Å². The average Bonchev–Trinajstić information content (AvgIpc) is 2.78. The quantitative estimate of drug-likeness (QED) is 0.724. The van der Waals surface area contributed by atoms with Crippen molar-refractivity contribution in [3.05, 3.63) is 60.7 Å². The monoisotopic (exact) mass is 389 g/mol. The molecule has 0 saturated carbocycles. The number of aromatic nitrogens is 1. The molecule has 1 atom stereocenters. The summed E-state index contributed by atoms with van der Waals surface area (Å²) in [6.45, 7) is 0.981. The van der Waals surface area contributed by atoms with Gasteiger partial charge in [-0.3, -0.25) is 4.79 Å². The number of benzene rings is 2. The lowest BCUT2D eigenvalue weighted by Crippen LogP contribution is -2.43. The van der Waals surface area contributed by atoms with E-state index in [0.717, 1.165) is 29.5 Å². The molecule has 148 valence electrons. The number of pyridine rings is 1. The van der Waals surface area contributed by atoms with E-state index in [4.69, 9.17) is 4.74 Å². The van der Waals surface area contributed by atoms with Crippen molar-refractivity contribution in [2.24, 2.45) is 5.92 Å². The largest absolute Gasteiger partial charge is 0.453 e. The second-order valence-corrected chi connectivity index (χ2v) is 7.21. The first-order valence-electron chi connectivity index (χ1n) is 9.74. The van der Waals surface area contributed by atoms with Crippen LogP contribution in [0.2, 0.25) is 0 Å². The zero-order chi connectivity index (χ0) is 20.2. The van der Waals surface area contributed by atoms with Gasteiger partial charge in [-0.25, -0.2) is 9.78 Å². The molecule has 3 aromatic rings. The number of hydrogen-bond donors (Lipinski definition) is 1. The van der Waals surface area contributed by atoms with Crippen molar-refractivity contribution in [1.82, 2.24) is 9.88 Å². The molecular formula is C23H23N3O3. The Hall–Kier alpha value is -3.41. The molecule has 0 radical (unpaired) electrons. The molecular weight excluding hydrogens is 366 g/mol. The van der Waals surface area contributed by atoms with E-state index in [1.54, 1.807) is 11.0 Å². The molecule has 2 heterocycles. The van der Waals surface area contributed by atoms with Crippen molar-refractivity contribution in [3.8, 4) is 11.3 Å². The summed E-state index contributed by atoms with van der Waals surface area (Å²) in [7, 11) is 1.36. The third-order valence-electron chi connectivity index (χ3n) is 5.27. The molecule has 29 heavy (non-hydrogen) atoms. The number of nitrogens with zero attached hydrogens (tertiary/aromatic N) is 2. The van der Waals surface area contributed by atoms with Crippen molar-refractivity contribution in [2.75, 3.05) is 25.5 Å². The number of nitrogens with one attached hydrogen (secondary N) is 1.